The van der Waals surface area contributed by atoms with Crippen molar-refractivity contribution in [2.24, 2.45) is 0 Å². The second kappa shape index (κ2) is 23.4. The zero-order valence-electron chi connectivity index (χ0n) is 36.7. The summed E-state index contributed by atoms with van der Waals surface area (Å²) in [4.78, 5) is 64.0. The van der Waals surface area contributed by atoms with Crippen molar-refractivity contribution in [2.75, 3.05) is 19.8 Å². The summed E-state index contributed by atoms with van der Waals surface area (Å²) in [5.41, 5.74) is 0.668. The van der Waals surface area contributed by atoms with E-state index in [-0.39, 0.29) is 18.6 Å². The van der Waals surface area contributed by atoms with Crippen LogP contribution in [0.15, 0.2) is 42.5 Å². The van der Waals surface area contributed by atoms with E-state index >= 15 is 0 Å². The molecule has 0 spiro atoms. The number of hydrogen-bond acceptors (Lipinski definition) is 24. The number of phenols is 4. The van der Waals surface area contributed by atoms with Crippen molar-refractivity contribution >= 4 is 35.9 Å². The maximum absolute atomic E-state index is 13.8. The molecule has 5 rings (SSSR count). The summed E-state index contributed by atoms with van der Waals surface area (Å²) in [5, 5.41) is 81.1. The molecule has 15 atom stereocenters. The van der Waals surface area contributed by atoms with Gasteiger partial charge >= 0.3 is 29.8 Å². The number of aliphatic hydroxyl groups is 4. The van der Waals surface area contributed by atoms with Crippen molar-refractivity contribution in [1.29, 1.82) is 0 Å². The minimum absolute atomic E-state index is 0.0352. The van der Waals surface area contributed by atoms with E-state index in [0.717, 1.165) is 45.9 Å². The van der Waals surface area contributed by atoms with Gasteiger partial charge in [-0.2, -0.15) is 0 Å². The first-order valence-corrected chi connectivity index (χ1v) is 20.8. The third kappa shape index (κ3) is 13.7. The van der Waals surface area contributed by atoms with Crippen LogP contribution in [-0.4, -0.2) is 183 Å². The molecule has 2 aromatic carbocycles. The molecule has 2 aromatic rings. The van der Waals surface area contributed by atoms with Gasteiger partial charge in [0.15, 0.2) is 72.4 Å². The predicted molar refractivity (Wildman–Crippen MR) is 218 cm³/mol. The number of benzene rings is 2. The van der Waals surface area contributed by atoms with E-state index in [0.29, 0.717) is 5.56 Å². The maximum atomic E-state index is 13.8. The van der Waals surface area contributed by atoms with E-state index in [9.17, 15) is 64.8 Å². The van der Waals surface area contributed by atoms with Crippen LogP contribution >= 0.6 is 0 Å². The highest BCUT2D eigenvalue weighted by molar-refractivity contribution is 5.87. The Labute approximate surface area is 382 Å². The van der Waals surface area contributed by atoms with Gasteiger partial charge in [-0.05, 0) is 54.8 Å². The zero-order valence-corrected chi connectivity index (χ0v) is 36.7. The molecule has 3 fully saturated rings. The van der Waals surface area contributed by atoms with Crippen LogP contribution in [0.2, 0.25) is 0 Å². The number of carbonyl (C=O) groups excluding carboxylic acids is 5. The summed E-state index contributed by atoms with van der Waals surface area (Å²) in [6.07, 6.45) is -23.2. The first-order chi connectivity index (χ1) is 31.7. The van der Waals surface area contributed by atoms with E-state index in [1.165, 1.54) is 37.3 Å². The largest absolute Gasteiger partial charge is 0.504 e. The van der Waals surface area contributed by atoms with Crippen molar-refractivity contribution < 1.29 is 117 Å². The van der Waals surface area contributed by atoms with Gasteiger partial charge in [-0.25, -0.2) is 4.79 Å². The quantitative estimate of drug-likeness (QED) is 0.0412. The number of esters is 5. The van der Waals surface area contributed by atoms with E-state index in [1.807, 2.05) is 0 Å². The lowest BCUT2D eigenvalue weighted by Gasteiger charge is -2.49. The fraction of sp³-hybridized carbons (Fsp3) is 0.558. The molecule has 3 aliphatic rings. The standard InChI is InChI=1S/C43H54O24/c1-18-35(60-19(2)45)37(61-20(3)46)40(63-22(5)48)43(59-18)67-38-36(66-31(53)11-8-23-6-9-25(49)27(51)14-23)30(17-58-41-34(56)33(55)32(54)29(16-44)64-41)65-42(39(38)62-21(4)47)57-13-12-24-7-10-26(50)28(52)15-24/h6-11,14-15,18,29-30,32-44,49-52,54-56H,12-13,16-17H2,1-5H3/b11-8+/t18-,29+,30+,32+,33-,34+,35-,36+,37+,38-,39+,40-,41-,42-,43-/m0/s1. The Hall–Kier alpha value is -5.67. The normalized spacial score (nSPS) is 31.9. The summed E-state index contributed by atoms with van der Waals surface area (Å²) >= 11 is 0. The molecule has 0 amide bonds. The van der Waals surface area contributed by atoms with E-state index in [2.05, 4.69) is 0 Å². The number of rotatable bonds is 17. The first-order valence-electron chi connectivity index (χ1n) is 20.8. The average molecular weight is 955 g/mol. The summed E-state index contributed by atoms with van der Waals surface area (Å²) in [7, 11) is 0. The Kier molecular flexibility index (Phi) is 18.2. The molecule has 3 heterocycles. The fourth-order valence-electron chi connectivity index (χ4n) is 7.39. The third-order valence-corrected chi connectivity index (χ3v) is 10.5. The van der Waals surface area contributed by atoms with Gasteiger partial charge in [-0.15, -0.1) is 0 Å². The van der Waals surface area contributed by atoms with Gasteiger partial charge in [0.25, 0.3) is 0 Å². The number of phenolic OH excluding ortho intramolecular Hbond substituents is 4. The lowest BCUT2D eigenvalue weighted by atomic mass is 9.96. The molecule has 67 heavy (non-hydrogen) atoms. The molecule has 0 unspecified atom stereocenters. The van der Waals surface area contributed by atoms with Crippen LogP contribution in [0.3, 0.4) is 0 Å². The second-order valence-corrected chi connectivity index (χ2v) is 15.6. The monoisotopic (exact) mass is 954 g/mol. The lowest BCUT2D eigenvalue weighted by molar-refractivity contribution is -0.365. The lowest BCUT2D eigenvalue weighted by Crippen LogP contribution is -2.67. The van der Waals surface area contributed by atoms with Crippen molar-refractivity contribution in [1.82, 2.24) is 0 Å². The zero-order chi connectivity index (χ0) is 49.3. The fourth-order valence-corrected chi connectivity index (χ4v) is 7.39. The molecular formula is C43H54O24. The first kappa shape index (κ1) is 52.3. The Bertz CT molecular complexity index is 2070. The van der Waals surface area contributed by atoms with Crippen LogP contribution in [0.5, 0.6) is 23.0 Å². The van der Waals surface area contributed by atoms with E-state index in [1.54, 1.807) is 0 Å². The predicted octanol–water partition coefficient (Wildman–Crippen LogP) is -0.908. The van der Waals surface area contributed by atoms with Crippen LogP contribution in [0.4, 0.5) is 0 Å². The minimum Gasteiger partial charge on any atom is -0.504 e. The number of carbonyl (C=O) groups is 5. The van der Waals surface area contributed by atoms with Crippen molar-refractivity contribution in [3.05, 3.63) is 53.6 Å². The molecule has 0 radical (unpaired) electrons. The van der Waals surface area contributed by atoms with E-state index < -0.39 is 158 Å². The Morgan fingerprint density at radius 1 is 0.582 bits per heavy atom. The van der Waals surface area contributed by atoms with Crippen LogP contribution in [0.25, 0.3) is 6.08 Å². The van der Waals surface area contributed by atoms with Gasteiger partial charge in [0.05, 0.1) is 25.9 Å². The van der Waals surface area contributed by atoms with Crippen molar-refractivity contribution in [2.45, 2.75) is 133 Å². The van der Waals surface area contributed by atoms with Crippen molar-refractivity contribution in [3.8, 4) is 23.0 Å². The highest BCUT2D eigenvalue weighted by Crippen LogP contribution is 2.37. The Morgan fingerprint density at radius 2 is 1.15 bits per heavy atom. The smallest absolute Gasteiger partial charge is 0.331 e. The van der Waals surface area contributed by atoms with Crippen molar-refractivity contribution in [3.63, 3.8) is 0 Å². The van der Waals surface area contributed by atoms with Crippen LogP contribution in [0, 0.1) is 0 Å². The topological polar surface area (TPSA) is 349 Å². The molecule has 0 bridgehead atoms. The van der Waals surface area contributed by atoms with Gasteiger partial charge in [0.2, 0.25) is 0 Å². The maximum Gasteiger partial charge on any atom is 0.331 e. The average Bonchev–Trinajstić information content (AvgIpc) is 3.25. The summed E-state index contributed by atoms with van der Waals surface area (Å²) in [6.45, 7) is 3.68. The highest BCUT2D eigenvalue weighted by Gasteiger charge is 2.57. The van der Waals surface area contributed by atoms with Gasteiger partial charge < -0.3 is 93.0 Å². The molecule has 0 saturated carbocycles. The molecule has 0 aromatic heterocycles. The molecule has 3 saturated heterocycles. The van der Waals surface area contributed by atoms with Crippen LogP contribution in [-0.2, 0) is 82.5 Å². The second-order valence-electron chi connectivity index (χ2n) is 15.6. The minimum atomic E-state index is -1.92. The Morgan fingerprint density at radius 3 is 1.75 bits per heavy atom. The molecule has 370 valence electrons. The Balaban J connectivity index is 1.60. The SMILES string of the molecule is CC(=O)O[C@H]1[C@H](OC(C)=O)[C@H](O[C@@H]2[C@@H](OC(C)=O)[C@@H](OCCc3ccc(O)c(O)c3)O[C@H](CO[C@H]3O[C@H](CO)[C@@H](O)[C@H](O)[C@H]3O)[C@H]2OC(=O)/C=C/c2ccc(O)c(O)c2)O[C@@H](C)[C@@H]1OC(C)=O. The highest BCUT2D eigenvalue weighted by atomic mass is 16.8. The number of aliphatic hydroxyl groups excluding tert-OH is 4. The summed E-state index contributed by atoms with van der Waals surface area (Å²) in [5.74, 6) is -6.59. The number of aromatic hydroxyl groups is 4. The summed E-state index contributed by atoms with van der Waals surface area (Å²) in [6, 6.07) is 7.60. The molecular weight excluding hydrogens is 900 g/mol. The van der Waals surface area contributed by atoms with Gasteiger partial charge in [-0.1, -0.05) is 12.1 Å². The number of ether oxygens (including phenoxy) is 11. The van der Waals surface area contributed by atoms with Gasteiger partial charge in [0.1, 0.15) is 36.6 Å². The molecule has 24 nitrogen and oxygen atoms in total. The third-order valence-electron chi connectivity index (χ3n) is 10.5. The van der Waals surface area contributed by atoms with Crippen LogP contribution < -0.4 is 0 Å². The molecule has 24 heteroatoms. The van der Waals surface area contributed by atoms with E-state index in [4.69, 9.17) is 52.1 Å². The summed E-state index contributed by atoms with van der Waals surface area (Å²) < 4.78 is 64.5. The molecule has 0 aliphatic carbocycles. The van der Waals surface area contributed by atoms with Gasteiger partial charge in [0, 0.05) is 33.8 Å². The number of hydrogen-bond donors (Lipinski definition) is 8. The molecule has 3 aliphatic heterocycles. The van der Waals surface area contributed by atoms with Crippen LogP contribution in [0.1, 0.15) is 45.7 Å². The van der Waals surface area contributed by atoms with Gasteiger partial charge in [-0.3, -0.25) is 19.2 Å². The molecule has 8 N–H and O–H groups in total.